The summed E-state index contributed by atoms with van der Waals surface area (Å²) in [6.07, 6.45) is 13.4. The number of allylic oxidation sites excluding steroid dienone is 5. The van der Waals surface area contributed by atoms with Crippen LogP contribution in [0.15, 0.2) is 36.2 Å². The molecule has 0 aromatic rings. The molecule has 1 N–H and O–H groups in total. The zero-order chi connectivity index (χ0) is 8.23. The average Bonchev–Trinajstić information content (AvgIpc) is 2.48. The van der Waals surface area contributed by atoms with Crippen LogP contribution in [0.2, 0.25) is 11.6 Å². The Bertz CT molecular complexity index is 234. The van der Waals surface area contributed by atoms with Crippen molar-refractivity contribution in [2.75, 3.05) is 0 Å². The van der Waals surface area contributed by atoms with Gasteiger partial charge in [-0.05, 0) is 24.1 Å². The summed E-state index contributed by atoms with van der Waals surface area (Å²) in [5.74, 6) is 0. The summed E-state index contributed by atoms with van der Waals surface area (Å²) < 4.78 is 0. The van der Waals surface area contributed by atoms with E-state index in [0.717, 1.165) is 5.54 Å². The zero-order valence-corrected chi connectivity index (χ0v) is 8.71. The maximum atomic E-state index is 3.38. The molecule has 2 heterocycles. The molecule has 2 aliphatic heterocycles. The van der Waals surface area contributed by atoms with Crippen molar-refractivity contribution in [3.63, 3.8) is 0 Å². The van der Waals surface area contributed by atoms with E-state index in [1.807, 2.05) is 6.20 Å². The summed E-state index contributed by atoms with van der Waals surface area (Å²) in [5.41, 5.74) is 2.39. The van der Waals surface area contributed by atoms with E-state index in [1.54, 1.807) is 0 Å². The maximum absolute atomic E-state index is 3.38. The lowest BCUT2D eigenvalue weighted by atomic mass is 10.2. The summed E-state index contributed by atoms with van der Waals surface area (Å²) in [6, 6.07) is 1.54. The van der Waals surface area contributed by atoms with E-state index in [2.05, 4.69) is 29.6 Å². The van der Waals surface area contributed by atoms with Gasteiger partial charge in [-0.3, -0.25) is 0 Å². The molecule has 2 rings (SSSR count). The molecule has 1 atom stereocenters. The molecule has 2 aliphatic rings. The summed E-state index contributed by atoms with van der Waals surface area (Å²) in [7, 11) is 0.198. The van der Waals surface area contributed by atoms with Gasteiger partial charge in [0.25, 0.3) is 0 Å². The molecule has 1 saturated heterocycles. The van der Waals surface area contributed by atoms with E-state index < -0.39 is 0 Å². The molecule has 0 bridgehead atoms. The molecule has 1 unspecified atom stereocenters. The summed E-state index contributed by atoms with van der Waals surface area (Å²) >= 11 is 0. The normalized spacial score (nSPS) is 30.0. The predicted octanol–water partition coefficient (Wildman–Crippen LogP) is 1.71. The van der Waals surface area contributed by atoms with Crippen LogP contribution >= 0.6 is 0 Å². The number of rotatable bonds is 1. The van der Waals surface area contributed by atoms with Crippen molar-refractivity contribution in [1.29, 1.82) is 0 Å². The Balaban J connectivity index is 2.06. The fourth-order valence-corrected chi connectivity index (χ4v) is 4.17. The van der Waals surface area contributed by atoms with Crippen molar-refractivity contribution < 1.29 is 0 Å². The minimum absolute atomic E-state index is 0.198. The highest BCUT2D eigenvalue weighted by atomic mass is 28.2. The highest BCUT2D eigenvalue weighted by Gasteiger charge is 2.18. The first-order chi connectivity index (χ1) is 5.97. The first kappa shape index (κ1) is 7.86. The third-order valence-corrected chi connectivity index (χ3v) is 5.09. The van der Waals surface area contributed by atoms with Gasteiger partial charge in [0.2, 0.25) is 0 Å². The summed E-state index contributed by atoms with van der Waals surface area (Å²) in [6.45, 7) is 0. The molecule has 0 aromatic carbocycles. The molecule has 0 saturated carbocycles. The SMILES string of the molecule is C1=CC=C(C2CCC[SiH2]2)NC=C1. The van der Waals surface area contributed by atoms with Crippen LogP contribution in [-0.2, 0) is 0 Å². The van der Waals surface area contributed by atoms with Gasteiger partial charge in [-0.1, -0.05) is 24.6 Å². The van der Waals surface area contributed by atoms with Crippen LogP contribution in [0.3, 0.4) is 0 Å². The lowest BCUT2D eigenvalue weighted by Crippen LogP contribution is -2.11. The van der Waals surface area contributed by atoms with E-state index in [1.165, 1.54) is 24.6 Å². The Morgan fingerprint density at radius 2 is 2.33 bits per heavy atom. The molecule has 2 heteroatoms. The summed E-state index contributed by atoms with van der Waals surface area (Å²) in [4.78, 5) is 0. The van der Waals surface area contributed by atoms with Crippen LogP contribution in [0, 0.1) is 0 Å². The second kappa shape index (κ2) is 3.76. The molecular formula is C10H15NSi. The molecule has 0 aromatic heterocycles. The first-order valence-corrected chi connectivity index (χ1v) is 6.58. The number of nitrogens with one attached hydrogen (secondary N) is 1. The summed E-state index contributed by atoms with van der Waals surface area (Å²) in [5, 5.41) is 3.38. The molecule has 0 amide bonds. The Hall–Kier alpha value is -0.763. The van der Waals surface area contributed by atoms with Gasteiger partial charge in [-0.2, -0.15) is 0 Å². The zero-order valence-electron chi connectivity index (χ0n) is 7.29. The van der Waals surface area contributed by atoms with E-state index in [-0.39, 0.29) is 9.52 Å². The van der Waals surface area contributed by atoms with Crippen LogP contribution in [0.1, 0.15) is 12.8 Å². The molecular weight excluding hydrogens is 162 g/mol. The van der Waals surface area contributed by atoms with Crippen molar-refractivity contribution in [2.24, 2.45) is 0 Å². The van der Waals surface area contributed by atoms with Gasteiger partial charge in [0.05, 0.1) is 0 Å². The van der Waals surface area contributed by atoms with Crippen molar-refractivity contribution in [1.82, 2.24) is 5.32 Å². The quantitative estimate of drug-likeness (QED) is 0.601. The Morgan fingerprint density at radius 1 is 1.33 bits per heavy atom. The van der Waals surface area contributed by atoms with Crippen molar-refractivity contribution in [2.45, 2.75) is 24.4 Å². The highest BCUT2D eigenvalue weighted by molar-refractivity contribution is 6.39. The van der Waals surface area contributed by atoms with Gasteiger partial charge < -0.3 is 5.32 Å². The van der Waals surface area contributed by atoms with E-state index >= 15 is 0 Å². The average molecular weight is 177 g/mol. The molecule has 1 fully saturated rings. The second-order valence-electron chi connectivity index (χ2n) is 3.49. The van der Waals surface area contributed by atoms with Gasteiger partial charge >= 0.3 is 0 Å². The van der Waals surface area contributed by atoms with Gasteiger partial charge in [0.15, 0.2) is 0 Å². The van der Waals surface area contributed by atoms with Crippen LogP contribution < -0.4 is 5.32 Å². The maximum Gasteiger partial charge on any atom is 0.0306 e. The van der Waals surface area contributed by atoms with Crippen LogP contribution in [0.25, 0.3) is 0 Å². The largest absolute Gasteiger partial charge is 0.365 e. The second-order valence-corrected chi connectivity index (χ2v) is 5.76. The van der Waals surface area contributed by atoms with E-state index in [0.29, 0.717) is 0 Å². The topological polar surface area (TPSA) is 12.0 Å². The van der Waals surface area contributed by atoms with Crippen molar-refractivity contribution in [3.8, 4) is 0 Å². The Kier molecular flexibility index (Phi) is 2.47. The van der Waals surface area contributed by atoms with Crippen LogP contribution in [0.5, 0.6) is 0 Å². The van der Waals surface area contributed by atoms with Gasteiger partial charge in [0, 0.05) is 21.4 Å². The smallest absolute Gasteiger partial charge is 0.0306 e. The third kappa shape index (κ3) is 1.69. The standard InChI is InChI=1S/C10H15NSi/c1-2-5-9(11-7-3-1)10-6-4-8-12-10/h1-3,5,7,10-11H,4,6,8,12H2. The monoisotopic (exact) mass is 177 g/mol. The highest BCUT2D eigenvalue weighted by Crippen LogP contribution is 2.29. The molecule has 0 aliphatic carbocycles. The van der Waals surface area contributed by atoms with Gasteiger partial charge in [0.1, 0.15) is 0 Å². The van der Waals surface area contributed by atoms with Gasteiger partial charge in [-0.15, -0.1) is 0 Å². The van der Waals surface area contributed by atoms with Crippen molar-refractivity contribution in [3.05, 3.63) is 36.2 Å². The number of hydrogen-bond donors (Lipinski definition) is 1. The third-order valence-electron chi connectivity index (χ3n) is 2.64. The van der Waals surface area contributed by atoms with Crippen LogP contribution in [-0.4, -0.2) is 9.52 Å². The lowest BCUT2D eigenvalue weighted by Gasteiger charge is -2.12. The molecule has 0 radical (unpaired) electrons. The molecule has 1 nitrogen and oxygen atoms in total. The number of hydrogen-bond acceptors (Lipinski definition) is 1. The van der Waals surface area contributed by atoms with E-state index in [9.17, 15) is 0 Å². The van der Waals surface area contributed by atoms with Gasteiger partial charge in [-0.25, -0.2) is 0 Å². The molecule has 12 heavy (non-hydrogen) atoms. The van der Waals surface area contributed by atoms with E-state index in [4.69, 9.17) is 0 Å². The first-order valence-electron chi connectivity index (χ1n) is 4.77. The predicted molar refractivity (Wildman–Crippen MR) is 55.8 cm³/mol. The minimum Gasteiger partial charge on any atom is -0.365 e. The molecule has 64 valence electrons. The minimum atomic E-state index is 0.198. The fraction of sp³-hybridized carbons (Fsp3) is 0.400. The molecule has 0 spiro atoms. The fourth-order valence-electron chi connectivity index (χ4n) is 1.96. The Morgan fingerprint density at radius 3 is 3.17 bits per heavy atom. The Labute approximate surface area is 76.1 Å². The lowest BCUT2D eigenvalue weighted by molar-refractivity contribution is 0.797. The van der Waals surface area contributed by atoms with Crippen molar-refractivity contribution >= 4 is 9.52 Å². The van der Waals surface area contributed by atoms with Crippen LogP contribution in [0.4, 0.5) is 0 Å².